The highest BCUT2D eigenvalue weighted by Crippen LogP contribution is 2.35. The molecule has 1 saturated carbocycles. The van der Waals surface area contributed by atoms with Crippen LogP contribution in [0.5, 0.6) is 0 Å². The molecule has 1 aromatic carbocycles. The Bertz CT molecular complexity index is 1440. The lowest BCUT2D eigenvalue weighted by Crippen LogP contribution is -2.19. The highest BCUT2D eigenvalue weighted by molar-refractivity contribution is 7.90. The summed E-state index contributed by atoms with van der Waals surface area (Å²) in [5.41, 5.74) is 1.26. The first kappa shape index (κ1) is 23.2. The van der Waals surface area contributed by atoms with E-state index in [1.807, 2.05) is 6.92 Å². The summed E-state index contributed by atoms with van der Waals surface area (Å²) in [5.74, 6) is 1.82. The number of hydrogen-bond acceptors (Lipinski definition) is 9. The molecule has 1 aliphatic carbocycles. The molecule has 184 valence electrons. The van der Waals surface area contributed by atoms with E-state index in [1.54, 1.807) is 48.3 Å². The third-order valence-corrected chi connectivity index (χ3v) is 7.77. The highest BCUT2D eigenvalue weighted by atomic mass is 32.2. The summed E-state index contributed by atoms with van der Waals surface area (Å²) in [7, 11) is -2.24. The van der Waals surface area contributed by atoms with Gasteiger partial charge in [0.15, 0.2) is 11.5 Å². The van der Waals surface area contributed by atoms with E-state index in [-0.39, 0.29) is 22.5 Å². The summed E-state index contributed by atoms with van der Waals surface area (Å²) < 4.78 is 34.9. The Kier molecular flexibility index (Phi) is 6.15. The van der Waals surface area contributed by atoms with E-state index in [0.717, 1.165) is 5.56 Å². The Hall–Kier alpha value is -3.51. The molecule has 12 heteroatoms. The van der Waals surface area contributed by atoms with Gasteiger partial charge in [-0.15, -0.1) is 5.10 Å². The number of ether oxygens (including phenoxy) is 1. The van der Waals surface area contributed by atoms with E-state index >= 15 is 0 Å². The van der Waals surface area contributed by atoms with Gasteiger partial charge in [0.25, 0.3) is 10.0 Å². The molecule has 11 nitrogen and oxygen atoms in total. The van der Waals surface area contributed by atoms with Crippen molar-refractivity contribution in [2.45, 2.75) is 44.2 Å². The zero-order chi connectivity index (χ0) is 24.6. The number of fused-ring (bicyclic) bond motifs is 1. The molecule has 1 fully saturated rings. The van der Waals surface area contributed by atoms with Gasteiger partial charge in [0.1, 0.15) is 5.82 Å². The molecule has 0 radical (unpaired) electrons. The SMILES string of the molecule is COCCn1cc(Nc2nc(N[C@@H](C)C3CC3)c3ccn(S(=O)(=O)c4ccc(C)cc4)c3n2)nn1. The van der Waals surface area contributed by atoms with Gasteiger partial charge in [0, 0.05) is 19.3 Å². The van der Waals surface area contributed by atoms with Crippen molar-refractivity contribution in [1.29, 1.82) is 0 Å². The molecule has 0 unspecified atom stereocenters. The van der Waals surface area contributed by atoms with Crippen LogP contribution in [0.1, 0.15) is 25.3 Å². The molecule has 0 bridgehead atoms. The molecule has 1 aliphatic rings. The average molecular weight is 497 g/mol. The fourth-order valence-corrected chi connectivity index (χ4v) is 5.16. The van der Waals surface area contributed by atoms with Crippen LogP contribution in [0.4, 0.5) is 17.6 Å². The van der Waals surface area contributed by atoms with Crippen LogP contribution in [-0.4, -0.2) is 57.1 Å². The van der Waals surface area contributed by atoms with Crippen LogP contribution in [0.3, 0.4) is 0 Å². The number of rotatable bonds is 10. The van der Waals surface area contributed by atoms with Gasteiger partial charge in [-0.2, -0.15) is 9.97 Å². The number of nitrogens with one attached hydrogen (secondary N) is 2. The summed E-state index contributed by atoms with van der Waals surface area (Å²) in [4.78, 5) is 9.40. The topological polar surface area (TPSA) is 129 Å². The lowest BCUT2D eigenvalue weighted by Gasteiger charge is -2.15. The van der Waals surface area contributed by atoms with Crippen molar-refractivity contribution in [1.82, 2.24) is 28.9 Å². The number of benzene rings is 1. The van der Waals surface area contributed by atoms with E-state index in [0.29, 0.717) is 36.1 Å². The van der Waals surface area contributed by atoms with Crippen LogP contribution in [0.15, 0.2) is 47.6 Å². The molecule has 2 N–H and O–H groups in total. The maximum Gasteiger partial charge on any atom is 0.269 e. The zero-order valence-corrected chi connectivity index (χ0v) is 20.7. The first-order chi connectivity index (χ1) is 16.8. The van der Waals surface area contributed by atoms with Gasteiger partial charge in [-0.05, 0) is 50.8 Å². The first-order valence-electron chi connectivity index (χ1n) is 11.5. The predicted molar refractivity (Wildman–Crippen MR) is 132 cm³/mol. The van der Waals surface area contributed by atoms with Crippen LogP contribution < -0.4 is 10.6 Å². The largest absolute Gasteiger partial charge is 0.383 e. The van der Waals surface area contributed by atoms with Gasteiger partial charge in [0.2, 0.25) is 5.95 Å². The Morgan fingerprint density at radius 3 is 2.66 bits per heavy atom. The van der Waals surface area contributed by atoms with E-state index in [4.69, 9.17) is 4.74 Å². The molecule has 35 heavy (non-hydrogen) atoms. The number of aryl methyl sites for hydroxylation is 1. The standard InChI is InChI=1S/C23H28N8O3S/c1-15-4-8-18(9-5-15)35(32,33)31-11-10-19-21(24-16(2)17-6-7-17)26-23(27-22(19)31)25-20-14-30(29-28-20)12-13-34-3/h4-5,8-11,14,16-17H,6-7,12-13H2,1-3H3,(H2,24,25,26,27)/t16-/m0/s1. The van der Waals surface area contributed by atoms with Crippen molar-refractivity contribution in [3.63, 3.8) is 0 Å². The van der Waals surface area contributed by atoms with Crippen LogP contribution in [0.25, 0.3) is 11.0 Å². The third-order valence-electron chi connectivity index (χ3n) is 6.09. The molecule has 3 aromatic heterocycles. The summed E-state index contributed by atoms with van der Waals surface area (Å²) in [6.07, 6.45) is 5.57. The first-order valence-corrected chi connectivity index (χ1v) is 12.9. The van der Waals surface area contributed by atoms with Crippen molar-refractivity contribution < 1.29 is 13.2 Å². The van der Waals surface area contributed by atoms with E-state index in [1.165, 1.54) is 23.0 Å². The van der Waals surface area contributed by atoms with E-state index in [2.05, 4.69) is 37.8 Å². The summed E-state index contributed by atoms with van der Waals surface area (Å²) in [6.45, 7) is 5.08. The van der Waals surface area contributed by atoms with Gasteiger partial charge in [-0.3, -0.25) is 0 Å². The van der Waals surface area contributed by atoms with Crippen LogP contribution in [-0.2, 0) is 21.3 Å². The minimum absolute atomic E-state index is 0.190. The Morgan fingerprint density at radius 2 is 1.94 bits per heavy atom. The number of hydrogen-bond donors (Lipinski definition) is 2. The normalized spacial score (nSPS) is 14.8. The van der Waals surface area contributed by atoms with Gasteiger partial charge < -0.3 is 15.4 Å². The number of anilines is 3. The second-order valence-corrected chi connectivity index (χ2v) is 10.6. The maximum absolute atomic E-state index is 13.5. The second kappa shape index (κ2) is 9.27. The van der Waals surface area contributed by atoms with E-state index in [9.17, 15) is 8.42 Å². The fourth-order valence-electron chi connectivity index (χ4n) is 3.87. The molecular weight excluding hydrogens is 468 g/mol. The summed E-state index contributed by atoms with van der Waals surface area (Å²) >= 11 is 0. The van der Waals surface area contributed by atoms with Gasteiger partial charge in [-0.25, -0.2) is 17.1 Å². The van der Waals surface area contributed by atoms with Crippen molar-refractivity contribution in [2.24, 2.45) is 5.92 Å². The predicted octanol–water partition coefficient (Wildman–Crippen LogP) is 3.17. The van der Waals surface area contributed by atoms with Crippen LogP contribution in [0, 0.1) is 12.8 Å². The van der Waals surface area contributed by atoms with Gasteiger partial charge in [0.05, 0.1) is 29.6 Å². The van der Waals surface area contributed by atoms with Crippen molar-refractivity contribution >= 4 is 38.6 Å². The Balaban J connectivity index is 1.55. The molecular formula is C23H28N8O3S. The van der Waals surface area contributed by atoms with Crippen molar-refractivity contribution in [3.05, 3.63) is 48.3 Å². The minimum atomic E-state index is -3.86. The fraction of sp³-hybridized carbons (Fsp3) is 0.391. The lowest BCUT2D eigenvalue weighted by atomic mass is 10.2. The average Bonchev–Trinajstić information content (AvgIpc) is 3.45. The lowest BCUT2D eigenvalue weighted by molar-refractivity contribution is 0.183. The number of methoxy groups -OCH3 is 1. The molecule has 3 heterocycles. The Labute approximate surface area is 203 Å². The summed E-state index contributed by atoms with van der Waals surface area (Å²) in [5, 5.41) is 15.3. The van der Waals surface area contributed by atoms with Crippen LogP contribution >= 0.6 is 0 Å². The monoisotopic (exact) mass is 496 g/mol. The molecule has 0 amide bonds. The van der Waals surface area contributed by atoms with Crippen molar-refractivity contribution in [2.75, 3.05) is 24.4 Å². The minimum Gasteiger partial charge on any atom is -0.383 e. The third kappa shape index (κ3) is 4.84. The van der Waals surface area contributed by atoms with Gasteiger partial charge in [-0.1, -0.05) is 22.9 Å². The molecule has 5 rings (SSSR count). The van der Waals surface area contributed by atoms with Gasteiger partial charge >= 0.3 is 0 Å². The number of aromatic nitrogens is 6. The zero-order valence-electron chi connectivity index (χ0n) is 19.8. The molecule has 0 spiro atoms. The molecule has 4 aromatic rings. The smallest absolute Gasteiger partial charge is 0.269 e. The molecule has 0 aliphatic heterocycles. The second-order valence-electron chi connectivity index (χ2n) is 8.82. The molecule has 0 saturated heterocycles. The van der Waals surface area contributed by atoms with Crippen LogP contribution in [0.2, 0.25) is 0 Å². The molecule has 1 atom stereocenters. The van der Waals surface area contributed by atoms with Crippen molar-refractivity contribution in [3.8, 4) is 0 Å². The highest BCUT2D eigenvalue weighted by Gasteiger charge is 2.29. The summed E-state index contributed by atoms with van der Waals surface area (Å²) in [6, 6.07) is 8.68. The Morgan fingerprint density at radius 1 is 1.17 bits per heavy atom. The van der Waals surface area contributed by atoms with E-state index < -0.39 is 10.0 Å². The number of nitrogens with zero attached hydrogens (tertiary/aromatic N) is 6. The maximum atomic E-state index is 13.5. The quantitative estimate of drug-likeness (QED) is 0.340.